The van der Waals surface area contributed by atoms with Crippen LogP contribution in [0.3, 0.4) is 0 Å². The molecule has 2 N–H and O–H groups in total. The third kappa shape index (κ3) is 3.11. The van der Waals surface area contributed by atoms with Crippen LogP contribution in [0.25, 0.3) is 0 Å². The van der Waals surface area contributed by atoms with Crippen molar-refractivity contribution in [3.63, 3.8) is 0 Å². The van der Waals surface area contributed by atoms with Crippen LogP contribution in [-0.4, -0.2) is 47.7 Å². The molecule has 0 bridgehead atoms. The summed E-state index contributed by atoms with van der Waals surface area (Å²) in [6, 6.07) is 6.70. The molecule has 24 heavy (non-hydrogen) atoms. The normalized spacial score (nSPS) is 22.8. The summed E-state index contributed by atoms with van der Waals surface area (Å²) in [6.07, 6.45) is 0. The van der Waals surface area contributed by atoms with Crippen molar-refractivity contribution in [1.29, 1.82) is 0 Å². The maximum Gasteiger partial charge on any atom is 0.345 e. The fourth-order valence-corrected chi connectivity index (χ4v) is 4.13. The Hall–Kier alpha value is -1.70. The first-order chi connectivity index (χ1) is 11.5. The molecule has 0 saturated carbocycles. The van der Waals surface area contributed by atoms with E-state index in [2.05, 4.69) is 0 Å². The number of esters is 1. The van der Waals surface area contributed by atoms with Gasteiger partial charge in [-0.1, -0.05) is 23.9 Å². The summed E-state index contributed by atoms with van der Waals surface area (Å²) in [4.78, 5) is 26.2. The molecule has 1 aromatic carbocycles. The third-order valence-corrected chi connectivity index (χ3v) is 5.78. The van der Waals surface area contributed by atoms with Gasteiger partial charge in [-0.15, -0.1) is 11.6 Å². The van der Waals surface area contributed by atoms with Gasteiger partial charge in [0.2, 0.25) is 5.91 Å². The SMILES string of the molecule is COc1ccc(COC(=O)C2=C(CCl)CN3C(=O)[C@@H](N)[C@@H]3S2)cc1. The fourth-order valence-electron chi connectivity index (χ4n) is 2.57. The number of carbonyl (C=O) groups is 2. The largest absolute Gasteiger partial charge is 0.497 e. The molecule has 0 spiro atoms. The van der Waals surface area contributed by atoms with E-state index in [1.54, 1.807) is 24.1 Å². The van der Waals surface area contributed by atoms with E-state index >= 15 is 0 Å². The van der Waals surface area contributed by atoms with Gasteiger partial charge in [-0.3, -0.25) is 4.79 Å². The van der Waals surface area contributed by atoms with E-state index in [9.17, 15) is 9.59 Å². The second-order valence-corrected chi connectivity index (χ2v) is 6.89. The van der Waals surface area contributed by atoms with Gasteiger partial charge in [0.05, 0.1) is 12.0 Å². The van der Waals surface area contributed by atoms with Crippen molar-refractivity contribution >= 4 is 35.2 Å². The number of hydrogen-bond donors (Lipinski definition) is 1. The Kier molecular flexibility index (Phi) is 5.03. The zero-order valence-electron chi connectivity index (χ0n) is 13.0. The van der Waals surface area contributed by atoms with Crippen LogP contribution in [0.1, 0.15) is 5.56 Å². The minimum Gasteiger partial charge on any atom is -0.497 e. The van der Waals surface area contributed by atoms with E-state index in [0.29, 0.717) is 17.0 Å². The molecule has 0 aromatic heterocycles. The third-order valence-electron chi connectivity index (χ3n) is 3.98. The predicted octanol–water partition coefficient (Wildman–Crippen LogP) is 1.47. The number of β-lactam (4-membered cyclic amide) rings is 1. The van der Waals surface area contributed by atoms with E-state index < -0.39 is 12.0 Å². The summed E-state index contributed by atoms with van der Waals surface area (Å²) in [5.74, 6) is 0.369. The van der Waals surface area contributed by atoms with E-state index in [-0.39, 0.29) is 23.8 Å². The molecule has 0 unspecified atom stereocenters. The van der Waals surface area contributed by atoms with Crippen molar-refractivity contribution < 1.29 is 19.1 Å². The van der Waals surface area contributed by atoms with Gasteiger partial charge in [0.15, 0.2) is 0 Å². The number of carbonyl (C=O) groups excluding carboxylic acids is 2. The average molecular weight is 369 g/mol. The number of fused-ring (bicyclic) bond motifs is 1. The molecule has 2 heterocycles. The summed E-state index contributed by atoms with van der Waals surface area (Å²) < 4.78 is 10.5. The zero-order valence-corrected chi connectivity index (χ0v) is 14.6. The molecule has 2 atom stereocenters. The number of rotatable bonds is 5. The van der Waals surface area contributed by atoms with E-state index in [0.717, 1.165) is 11.3 Å². The topological polar surface area (TPSA) is 81.9 Å². The second kappa shape index (κ2) is 7.04. The Morgan fingerprint density at radius 3 is 2.75 bits per heavy atom. The molecule has 1 amide bonds. The molecule has 0 radical (unpaired) electrons. The number of ether oxygens (including phenoxy) is 2. The number of methoxy groups -OCH3 is 1. The number of nitrogens with zero attached hydrogens (tertiary/aromatic N) is 1. The minimum atomic E-state index is -0.573. The molecule has 0 aliphatic carbocycles. The van der Waals surface area contributed by atoms with E-state index in [1.807, 2.05) is 12.1 Å². The molecular weight excluding hydrogens is 352 g/mol. The number of halogens is 1. The fraction of sp³-hybridized carbons (Fsp3) is 0.375. The minimum absolute atomic E-state index is 0.110. The maximum absolute atomic E-state index is 12.4. The number of nitrogens with two attached hydrogens (primary N) is 1. The summed E-state index contributed by atoms with van der Waals surface area (Å²) in [7, 11) is 1.59. The molecule has 1 fully saturated rings. The van der Waals surface area contributed by atoms with Crippen LogP contribution in [-0.2, 0) is 20.9 Å². The highest BCUT2D eigenvalue weighted by atomic mass is 35.5. The molecular formula is C16H17ClN2O4S. The van der Waals surface area contributed by atoms with E-state index in [1.165, 1.54) is 11.8 Å². The number of alkyl halides is 1. The lowest BCUT2D eigenvalue weighted by Crippen LogP contribution is -2.68. The van der Waals surface area contributed by atoms with Gasteiger partial charge >= 0.3 is 5.97 Å². The zero-order chi connectivity index (χ0) is 17.3. The van der Waals surface area contributed by atoms with Crippen LogP contribution in [0.2, 0.25) is 0 Å². The van der Waals surface area contributed by atoms with Crippen LogP contribution in [0.15, 0.2) is 34.7 Å². The Balaban J connectivity index is 1.66. The van der Waals surface area contributed by atoms with Crippen LogP contribution in [0.4, 0.5) is 0 Å². The Labute approximate surface area is 148 Å². The molecule has 3 rings (SSSR count). The van der Waals surface area contributed by atoms with Crippen molar-refractivity contribution in [2.45, 2.75) is 18.0 Å². The summed E-state index contributed by atoms with van der Waals surface area (Å²) in [5.41, 5.74) is 7.34. The van der Waals surface area contributed by atoms with Crippen LogP contribution in [0.5, 0.6) is 5.75 Å². The van der Waals surface area contributed by atoms with Gasteiger partial charge in [-0.2, -0.15) is 0 Å². The first-order valence-electron chi connectivity index (χ1n) is 7.36. The Bertz CT molecular complexity index is 692. The molecule has 2 aliphatic heterocycles. The number of amides is 1. The van der Waals surface area contributed by atoms with Crippen LogP contribution >= 0.6 is 23.4 Å². The Morgan fingerprint density at radius 2 is 2.12 bits per heavy atom. The van der Waals surface area contributed by atoms with Crippen LogP contribution in [0, 0.1) is 0 Å². The summed E-state index contributed by atoms with van der Waals surface area (Å²) in [5, 5.41) is -0.215. The highest BCUT2D eigenvalue weighted by Gasteiger charge is 2.49. The highest BCUT2D eigenvalue weighted by molar-refractivity contribution is 8.04. The predicted molar refractivity (Wildman–Crippen MR) is 91.6 cm³/mol. The molecule has 1 saturated heterocycles. The number of benzene rings is 1. The van der Waals surface area contributed by atoms with Crippen molar-refractivity contribution in [2.24, 2.45) is 5.73 Å². The quantitative estimate of drug-likeness (QED) is 0.481. The van der Waals surface area contributed by atoms with E-state index in [4.69, 9.17) is 26.8 Å². The highest BCUT2D eigenvalue weighted by Crippen LogP contribution is 2.41. The van der Waals surface area contributed by atoms with Crippen molar-refractivity contribution in [2.75, 3.05) is 19.5 Å². The standard InChI is InChI=1S/C16H17ClN2O4S/c1-22-11-4-2-9(3-5-11)8-23-16(21)13-10(6-17)7-19-14(20)12(18)15(19)24-13/h2-5,12,15H,6-8,18H2,1H3/t12-,15+/m1/s1. The monoisotopic (exact) mass is 368 g/mol. The number of hydrogen-bond acceptors (Lipinski definition) is 6. The van der Waals surface area contributed by atoms with Gasteiger partial charge in [-0.05, 0) is 23.3 Å². The molecule has 128 valence electrons. The van der Waals surface area contributed by atoms with Gasteiger partial charge in [0, 0.05) is 12.4 Å². The van der Waals surface area contributed by atoms with Crippen molar-refractivity contribution in [1.82, 2.24) is 4.90 Å². The van der Waals surface area contributed by atoms with Gasteiger partial charge in [-0.25, -0.2) is 4.79 Å². The average Bonchev–Trinajstić information content (AvgIpc) is 2.64. The summed E-state index contributed by atoms with van der Waals surface area (Å²) in [6.45, 7) is 0.489. The van der Waals surface area contributed by atoms with Crippen LogP contribution < -0.4 is 10.5 Å². The van der Waals surface area contributed by atoms with Gasteiger partial charge in [0.25, 0.3) is 0 Å². The molecule has 6 nitrogen and oxygen atoms in total. The maximum atomic E-state index is 12.4. The lowest BCUT2D eigenvalue weighted by molar-refractivity contribution is -0.144. The lowest BCUT2D eigenvalue weighted by Gasteiger charge is -2.48. The molecule has 8 heteroatoms. The van der Waals surface area contributed by atoms with Gasteiger partial charge < -0.3 is 20.1 Å². The second-order valence-electron chi connectivity index (χ2n) is 5.49. The smallest absolute Gasteiger partial charge is 0.345 e. The van der Waals surface area contributed by atoms with Crippen molar-refractivity contribution in [3.8, 4) is 5.75 Å². The van der Waals surface area contributed by atoms with Crippen molar-refractivity contribution in [3.05, 3.63) is 40.3 Å². The van der Waals surface area contributed by atoms with Gasteiger partial charge in [0.1, 0.15) is 23.8 Å². The first kappa shape index (κ1) is 17.1. The number of thioether (sulfide) groups is 1. The lowest BCUT2D eigenvalue weighted by atomic mass is 10.1. The molecule has 1 aromatic rings. The molecule has 2 aliphatic rings. The Morgan fingerprint density at radius 1 is 1.42 bits per heavy atom. The summed E-state index contributed by atoms with van der Waals surface area (Å²) >= 11 is 7.18. The first-order valence-corrected chi connectivity index (χ1v) is 8.77.